The molecule has 0 aliphatic carbocycles. The van der Waals surface area contributed by atoms with Gasteiger partial charge in [-0.25, -0.2) is 0 Å². The van der Waals surface area contributed by atoms with E-state index in [2.05, 4.69) is 52.4 Å². The molecule has 1 atom stereocenters. The molecule has 1 unspecified atom stereocenters. The maximum atomic E-state index is 6.04. The second-order valence-corrected chi connectivity index (χ2v) is 12.5. The van der Waals surface area contributed by atoms with Gasteiger partial charge in [0.25, 0.3) is 0 Å². The van der Waals surface area contributed by atoms with Crippen molar-refractivity contribution in [3.8, 4) is 0 Å². The summed E-state index contributed by atoms with van der Waals surface area (Å²) in [7, 11) is 1.27. The van der Waals surface area contributed by atoms with Gasteiger partial charge in [-0.15, -0.1) is 0 Å². The second-order valence-electron chi connectivity index (χ2n) is 6.07. The monoisotopic (exact) mass is 263 g/mol. The minimum Gasteiger partial charge on any atom is -0.397 e. The highest BCUT2D eigenvalue weighted by atomic mass is 28.4. The molecule has 0 N–H and O–H groups in total. The Bertz CT molecular complexity index is 207. The quantitative estimate of drug-likeness (QED) is 0.684. The van der Waals surface area contributed by atoms with Crippen LogP contribution in [-0.4, -0.2) is 54.4 Å². The van der Waals surface area contributed by atoms with Crippen LogP contribution in [0.2, 0.25) is 19.6 Å². The zero-order valence-electron chi connectivity index (χ0n) is 12.3. The molecule has 0 spiro atoms. The third-order valence-corrected chi connectivity index (χ3v) is 6.68. The summed E-state index contributed by atoms with van der Waals surface area (Å²) in [6, 6.07) is 0. The molecule has 0 aliphatic heterocycles. The van der Waals surface area contributed by atoms with Crippen LogP contribution in [-0.2, 0) is 8.85 Å². The molecule has 0 aromatic rings. The van der Waals surface area contributed by atoms with E-state index in [1.54, 1.807) is 7.11 Å². The van der Waals surface area contributed by atoms with Crippen LogP contribution in [0.5, 0.6) is 0 Å². The lowest BCUT2D eigenvalue weighted by atomic mass is 10.1. The van der Waals surface area contributed by atoms with Gasteiger partial charge in [0, 0.05) is 25.0 Å². The summed E-state index contributed by atoms with van der Waals surface area (Å²) in [6.45, 7) is 13.4. The molecule has 0 fully saturated rings. The molecule has 0 aliphatic rings. The maximum Gasteiger partial charge on any atom is 0.348 e. The minimum atomic E-state index is -2.00. The zero-order chi connectivity index (χ0) is 13.0. The van der Waals surface area contributed by atoms with Crippen LogP contribution in [0.1, 0.15) is 20.8 Å². The van der Waals surface area contributed by atoms with Crippen LogP contribution in [0, 0.1) is 0 Å². The normalized spacial score (nSPS) is 16.9. The van der Waals surface area contributed by atoms with Crippen molar-refractivity contribution in [2.24, 2.45) is 0 Å². The Kier molecular flexibility index (Phi) is 6.43. The van der Waals surface area contributed by atoms with E-state index in [1.807, 2.05) is 0 Å². The van der Waals surface area contributed by atoms with Crippen molar-refractivity contribution in [1.82, 2.24) is 4.90 Å². The molecular formula is C11H29NO2Si2. The van der Waals surface area contributed by atoms with Crippen molar-refractivity contribution in [3.63, 3.8) is 0 Å². The summed E-state index contributed by atoms with van der Waals surface area (Å²) in [5.41, 5.74) is 0.172. The first kappa shape index (κ1) is 16.3. The summed E-state index contributed by atoms with van der Waals surface area (Å²) in [5, 5.41) is 0. The van der Waals surface area contributed by atoms with E-state index in [9.17, 15) is 0 Å². The summed E-state index contributed by atoms with van der Waals surface area (Å²) >= 11 is 0. The highest BCUT2D eigenvalue weighted by Gasteiger charge is 2.35. The smallest absolute Gasteiger partial charge is 0.348 e. The molecule has 98 valence electrons. The topological polar surface area (TPSA) is 21.7 Å². The van der Waals surface area contributed by atoms with Gasteiger partial charge in [-0.05, 0) is 34.4 Å². The average molecular weight is 264 g/mol. The van der Waals surface area contributed by atoms with Gasteiger partial charge < -0.3 is 8.85 Å². The van der Waals surface area contributed by atoms with Crippen LogP contribution >= 0.6 is 0 Å². The lowest BCUT2D eigenvalue weighted by Gasteiger charge is -2.37. The maximum absolute atomic E-state index is 6.04. The summed E-state index contributed by atoms with van der Waals surface area (Å²) in [5.74, 6) is 0. The number of hydrogen-bond acceptors (Lipinski definition) is 3. The number of nitrogens with zero attached hydrogens (tertiary/aromatic N) is 1. The molecule has 0 rings (SSSR count). The third-order valence-electron chi connectivity index (χ3n) is 2.82. The first-order valence-electron chi connectivity index (χ1n) is 6.01. The van der Waals surface area contributed by atoms with E-state index in [1.165, 1.54) is 0 Å². The Morgan fingerprint density at radius 2 is 1.75 bits per heavy atom. The highest BCUT2D eigenvalue weighted by Crippen LogP contribution is 2.16. The molecule has 0 aromatic carbocycles. The molecular weight excluding hydrogens is 234 g/mol. The van der Waals surface area contributed by atoms with E-state index in [-0.39, 0.29) is 5.54 Å². The average Bonchev–Trinajstić information content (AvgIpc) is 2.13. The van der Waals surface area contributed by atoms with Crippen LogP contribution in [0.4, 0.5) is 0 Å². The Morgan fingerprint density at radius 1 is 1.25 bits per heavy atom. The van der Waals surface area contributed by atoms with Crippen LogP contribution < -0.4 is 0 Å². The third kappa shape index (κ3) is 6.15. The molecule has 16 heavy (non-hydrogen) atoms. The fourth-order valence-electron chi connectivity index (χ4n) is 1.18. The molecule has 5 heteroatoms. The van der Waals surface area contributed by atoms with Crippen molar-refractivity contribution in [2.45, 2.75) is 46.0 Å². The SMILES string of the molecule is CO[Si](C)(CN(C)C(C)(C)C)OC[SiH](C)C. The molecule has 0 saturated heterocycles. The Hall–Kier alpha value is 0.314. The molecule has 0 aromatic heterocycles. The van der Waals surface area contributed by atoms with E-state index >= 15 is 0 Å². The van der Waals surface area contributed by atoms with Gasteiger partial charge in [-0.2, -0.15) is 0 Å². The van der Waals surface area contributed by atoms with Crippen LogP contribution in [0.15, 0.2) is 0 Å². The molecule has 0 saturated carbocycles. The van der Waals surface area contributed by atoms with Crippen molar-refractivity contribution < 1.29 is 8.85 Å². The Morgan fingerprint density at radius 3 is 2.06 bits per heavy atom. The molecule has 0 amide bonds. The van der Waals surface area contributed by atoms with E-state index in [4.69, 9.17) is 8.85 Å². The summed E-state index contributed by atoms with van der Waals surface area (Å²) < 4.78 is 11.7. The first-order valence-corrected chi connectivity index (χ1v) is 11.7. The summed E-state index contributed by atoms with van der Waals surface area (Å²) in [6.07, 6.45) is 1.85. The molecule has 0 radical (unpaired) electrons. The van der Waals surface area contributed by atoms with Crippen molar-refractivity contribution >= 4 is 17.4 Å². The fourth-order valence-corrected chi connectivity index (χ4v) is 5.60. The molecule has 0 bridgehead atoms. The standard InChI is InChI=1S/C11H29NO2Si2/c1-11(2,3)12(4)9-16(8,13-5)14-10-15(6)7/h15H,9-10H2,1-8H3. The van der Waals surface area contributed by atoms with Gasteiger partial charge in [-0.3, -0.25) is 4.90 Å². The van der Waals surface area contributed by atoms with Gasteiger partial charge >= 0.3 is 8.56 Å². The predicted molar refractivity (Wildman–Crippen MR) is 75.8 cm³/mol. The molecule has 0 heterocycles. The van der Waals surface area contributed by atoms with Crippen molar-refractivity contribution in [2.75, 3.05) is 26.6 Å². The predicted octanol–water partition coefficient (Wildman–Crippen LogP) is 2.02. The number of rotatable bonds is 6. The first-order chi connectivity index (χ1) is 7.10. The van der Waals surface area contributed by atoms with Gasteiger partial charge in [0.2, 0.25) is 0 Å². The van der Waals surface area contributed by atoms with E-state index in [0.717, 1.165) is 12.4 Å². The van der Waals surface area contributed by atoms with Crippen molar-refractivity contribution in [1.29, 1.82) is 0 Å². The Balaban J connectivity index is 4.36. The minimum absolute atomic E-state index is 0.172. The lowest BCUT2D eigenvalue weighted by molar-refractivity contribution is 0.156. The van der Waals surface area contributed by atoms with Crippen LogP contribution in [0.3, 0.4) is 0 Å². The largest absolute Gasteiger partial charge is 0.397 e. The van der Waals surface area contributed by atoms with Crippen molar-refractivity contribution in [3.05, 3.63) is 0 Å². The second kappa shape index (κ2) is 6.30. The van der Waals surface area contributed by atoms with Gasteiger partial charge in [0.05, 0.1) is 8.80 Å². The highest BCUT2D eigenvalue weighted by molar-refractivity contribution is 6.67. The van der Waals surface area contributed by atoms with E-state index < -0.39 is 17.4 Å². The fraction of sp³-hybridized carbons (Fsp3) is 1.00. The number of hydrogen-bond donors (Lipinski definition) is 0. The van der Waals surface area contributed by atoms with Crippen LogP contribution in [0.25, 0.3) is 0 Å². The van der Waals surface area contributed by atoms with Gasteiger partial charge in [0.15, 0.2) is 0 Å². The zero-order valence-corrected chi connectivity index (χ0v) is 14.4. The molecule has 3 nitrogen and oxygen atoms in total. The Labute approximate surface area is 104 Å². The van der Waals surface area contributed by atoms with E-state index in [0.29, 0.717) is 0 Å². The lowest BCUT2D eigenvalue weighted by Crippen LogP contribution is -2.54. The van der Waals surface area contributed by atoms with Gasteiger partial charge in [-0.1, -0.05) is 13.1 Å². The van der Waals surface area contributed by atoms with Gasteiger partial charge in [0.1, 0.15) is 0 Å². The summed E-state index contributed by atoms with van der Waals surface area (Å²) in [4.78, 5) is 2.32.